The molecule has 1 amide bonds. The highest BCUT2D eigenvalue weighted by Gasteiger charge is 2.30. The summed E-state index contributed by atoms with van der Waals surface area (Å²) >= 11 is 0. The molecule has 1 unspecified atom stereocenters. The largest absolute Gasteiger partial charge is 0.342 e. The summed E-state index contributed by atoms with van der Waals surface area (Å²) < 4.78 is 0. The van der Waals surface area contributed by atoms with Crippen molar-refractivity contribution in [2.45, 2.75) is 39.0 Å². The quantitative estimate of drug-likeness (QED) is 0.790. The average molecular weight is 224 g/mol. The third kappa shape index (κ3) is 2.76. The van der Waals surface area contributed by atoms with Crippen molar-refractivity contribution in [3.05, 3.63) is 0 Å². The lowest BCUT2D eigenvalue weighted by molar-refractivity contribution is -0.135. The van der Waals surface area contributed by atoms with E-state index in [-0.39, 0.29) is 5.92 Å². The first kappa shape index (κ1) is 11.9. The van der Waals surface area contributed by atoms with Crippen LogP contribution in [0.4, 0.5) is 0 Å². The van der Waals surface area contributed by atoms with Gasteiger partial charge < -0.3 is 10.2 Å². The van der Waals surface area contributed by atoms with Crippen LogP contribution in [0, 0.1) is 11.8 Å². The van der Waals surface area contributed by atoms with E-state index in [1.165, 1.54) is 19.3 Å². The molecular weight excluding hydrogens is 200 g/mol. The first-order valence-electron chi connectivity index (χ1n) is 6.80. The van der Waals surface area contributed by atoms with Crippen molar-refractivity contribution in [3.8, 4) is 0 Å². The topological polar surface area (TPSA) is 32.3 Å². The summed E-state index contributed by atoms with van der Waals surface area (Å²) in [5.74, 6) is 1.44. The first-order valence-corrected chi connectivity index (χ1v) is 6.80. The summed E-state index contributed by atoms with van der Waals surface area (Å²) in [6.45, 7) is 6.23. The second-order valence-electron chi connectivity index (χ2n) is 5.27. The van der Waals surface area contributed by atoms with Crippen LogP contribution in [0.25, 0.3) is 0 Å². The fourth-order valence-corrected chi connectivity index (χ4v) is 3.00. The second-order valence-corrected chi connectivity index (χ2v) is 5.27. The monoisotopic (exact) mass is 224 g/mol. The van der Waals surface area contributed by atoms with Gasteiger partial charge in [-0.25, -0.2) is 0 Å². The van der Waals surface area contributed by atoms with Crippen molar-refractivity contribution in [1.82, 2.24) is 10.2 Å². The van der Waals surface area contributed by atoms with Crippen molar-refractivity contribution in [3.63, 3.8) is 0 Å². The molecule has 0 aromatic carbocycles. The molecule has 2 aliphatic heterocycles. The Morgan fingerprint density at radius 1 is 1.44 bits per heavy atom. The number of carbonyl (C=O) groups excluding carboxylic acids is 1. The van der Waals surface area contributed by atoms with Gasteiger partial charge in [-0.1, -0.05) is 13.3 Å². The van der Waals surface area contributed by atoms with Gasteiger partial charge in [0.05, 0.1) is 5.92 Å². The lowest BCUT2D eigenvalue weighted by Gasteiger charge is -2.26. The fraction of sp³-hybridized carbons (Fsp3) is 0.923. The van der Waals surface area contributed by atoms with E-state index in [0.717, 1.165) is 44.9 Å². The molecule has 3 nitrogen and oxygen atoms in total. The van der Waals surface area contributed by atoms with E-state index in [1.54, 1.807) is 0 Å². The molecule has 1 N–H and O–H groups in total. The zero-order chi connectivity index (χ0) is 11.4. The molecule has 0 radical (unpaired) electrons. The zero-order valence-electron chi connectivity index (χ0n) is 10.4. The molecule has 2 heterocycles. The summed E-state index contributed by atoms with van der Waals surface area (Å²) in [7, 11) is 0. The number of nitrogens with zero attached hydrogens (tertiary/aromatic N) is 1. The molecule has 92 valence electrons. The van der Waals surface area contributed by atoms with Crippen molar-refractivity contribution in [1.29, 1.82) is 0 Å². The highest BCUT2D eigenvalue weighted by atomic mass is 16.2. The van der Waals surface area contributed by atoms with E-state index in [9.17, 15) is 4.79 Å². The smallest absolute Gasteiger partial charge is 0.226 e. The van der Waals surface area contributed by atoms with Gasteiger partial charge in [-0.15, -0.1) is 0 Å². The van der Waals surface area contributed by atoms with Crippen molar-refractivity contribution < 1.29 is 4.79 Å². The number of carbonyl (C=O) groups is 1. The van der Waals surface area contributed by atoms with Gasteiger partial charge in [0.1, 0.15) is 0 Å². The maximum absolute atomic E-state index is 12.2. The Bertz CT molecular complexity index is 236. The predicted octanol–water partition coefficient (Wildman–Crippen LogP) is 1.63. The van der Waals surface area contributed by atoms with E-state index in [0.29, 0.717) is 5.91 Å². The molecule has 3 heteroatoms. The fourth-order valence-electron chi connectivity index (χ4n) is 3.00. The van der Waals surface area contributed by atoms with Crippen molar-refractivity contribution in [2.75, 3.05) is 26.2 Å². The van der Waals surface area contributed by atoms with Crippen molar-refractivity contribution in [2.24, 2.45) is 11.8 Å². The van der Waals surface area contributed by atoms with E-state index in [4.69, 9.17) is 0 Å². The molecule has 2 saturated heterocycles. The normalized spacial score (nSPS) is 30.7. The molecule has 16 heavy (non-hydrogen) atoms. The summed E-state index contributed by atoms with van der Waals surface area (Å²) in [5.41, 5.74) is 0. The Hall–Kier alpha value is -0.570. The first-order chi connectivity index (χ1) is 7.81. The average Bonchev–Trinajstić information content (AvgIpc) is 2.78. The second kappa shape index (κ2) is 5.67. The van der Waals surface area contributed by atoms with Crippen LogP contribution in [0.5, 0.6) is 0 Å². The standard InChI is InChI=1S/C13H24N2O/c1-2-4-11-6-8-15(10-11)13(16)12-5-3-7-14-9-12/h11-12,14H,2-10H2,1H3/t11?,12-/m0/s1. The predicted molar refractivity (Wildman–Crippen MR) is 65.2 cm³/mol. The van der Waals surface area contributed by atoms with Crippen LogP contribution in [-0.2, 0) is 4.79 Å². The van der Waals surface area contributed by atoms with Gasteiger partial charge in [-0.2, -0.15) is 0 Å². The Kier molecular flexibility index (Phi) is 4.22. The maximum atomic E-state index is 12.2. The molecular formula is C13H24N2O. The van der Waals surface area contributed by atoms with E-state index < -0.39 is 0 Å². The molecule has 0 spiro atoms. The van der Waals surface area contributed by atoms with Crippen LogP contribution in [0.15, 0.2) is 0 Å². The third-order valence-electron chi connectivity index (χ3n) is 3.94. The van der Waals surface area contributed by atoms with Gasteiger partial charge in [0.25, 0.3) is 0 Å². The minimum absolute atomic E-state index is 0.258. The number of hydrogen-bond donors (Lipinski definition) is 1. The zero-order valence-corrected chi connectivity index (χ0v) is 10.4. The van der Waals surface area contributed by atoms with Crippen LogP contribution >= 0.6 is 0 Å². The molecule has 0 bridgehead atoms. The number of piperidine rings is 1. The summed E-state index contributed by atoms with van der Waals surface area (Å²) in [4.78, 5) is 14.3. The number of nitrogens with one attached hydrogen (secondary N) is 1. The van der Waals surface area contributed by atoms with Gasteiger partial charge in [0.2, 0.25) is 5.91 Å². The molecule has 0 aromatic rings. The van der Waals surface area contributed by atoms with E-state index in [2.05, 4.69) is 17.1 Å². The molecule has 2 rings (SSSR count). The molecule has 2 atom stereocenters. The highest BCUT2D eigenvalue weighted by Crippen LogP contribution is 2.23. The molecule has 0 aromatic heterocycles. The number of hydrogen-bond acceptors (Lipinski definition) is 2. The number of amides is 1. The summed E-state index contributed by atoms with van der Waals surface area (Å²) in [6.07, 6.45) is 5.99. The van der Waals surface area contributed by atoms with Crippen LogP contribution < -0.4 is 5.32 Å². The summed E-state index contributed by atoms with van der Waals surface area (Å²) in [5, 5.41) is 3.33. The van der Waals surface area contributed by atoms with Crippen LogP contribution in [0.3, 0.4) is 0 Å². The Morgan fingerprint density at radius 3 is 3.00 bits per heavy atom. The minimum atomic E-state index is 0.258. The van der Waals surface area contributed by atoms with Gasteiger partial charge in [-0.05, 0) is 38.1 Å². The van der Waals surface area contributed by atoms with Gasteiger partial charge in [0.15, 0.2) is 0 Å². The molecule has 2 aliphatic rings. The Labute approximate surface area is 98.6 Å². The SMILES string of the molecule is CCCC1CCN(C(=O)[C@H]2CCCNC2)C1. The van der Waals surface area contributed by atoms with E-state index >= 15 is 0 Å². The van der Waals surface area contributed by atoms with Crippen LogP contribution in [-0.4, -0.2) is 37.0 Å². The maximum Gasteiger partial charge on any atom is 0.226 e. The third-order valence-corrected chi connectivity index (χ3v) is 3.94. The van der Waals surface area contributed by atoms with Gasteiger partial charge in [0, 0.05) is 19.6 Å². The van der Waals surface area contributed by atoms with E-state index in [1.807, 2.05) is 0 Å². The van der Waals surface area contributed by atoms with Crippen LogP contribution in [0.1, 0.15) is 39.0 Å². The number of rotatable bonds is 3. The minimum Gasteiger partial charge on any atom is -0.342 e. The molecule has 0 aliphatic carbocycles. The number of likely N-dealkylation sites (tertiary alicyclic amines) is 1. The molecule has 0 saturated carbocycles. The Balaban J connectivity index is 1.81. The van der Waals surface area contributed by atoms with Crippen molar-refractivity contribution >= 4 is 5.91 Å². The lowest BCUT2D eigenvalue weighted by atomic mass is 9.98. The Morgan fingerprint density at radius 2 is 2.31 bits per heavy atom. The lowest BCUT2D eigenvalue weighted by Crippen LogP contribution is -2.42. The van der Waals surface area contributed by atoms with Gasteiger partial charge in [-0.3, -0.25) is 4.79 Å². The molecule has 2 fully saturated rings. The highest BCUT2D eigenvalue weighted by molar-refractivity contribution is 5.79. The van der Waals surface area contributed by atoms with Gasteiger partial charge >= 0.3 is 0 Å². The summed E-state index contributed by atoms with van der Waals surface area (Å²) in [6, 6.07) is 0. The van der Waals surface area contributed by atoms with Crippen LogP contribution in [0.2, 0.25) is 0 Å².